The summed E-state index contributed by atoms with van der Waals surface area (Å²) in [5.74, 6) is -1.06. The molecule has 2 atom stereocenters. The minimum atomic E-state index is -0.477. The largest absolute Gasteiger partial charge is 0.376 e. The number of amides is 3. The van der Waals surface area contributed by atoms with Crippen LogP contribution in [-0.2, 0) is 14.3 Å². The van der Waals surface area contributed by atoms with Gasteiger partial charge in [0.05, 0.1) is 23.3 Å². The van der Waals surface area contributed by atoms with Crippen molar-refractivity contribution in [3.63, 3.8) is 0 Å². The van der Waals surface area contributed by atoms with E-state index in [1.807, 2.05) is 31.2 Å². The van der Waals surface area contributed by atoms with Gasteiger partial charge in [0.15, 0.2) is 0 Å². The van der Waals surface area contributed by atoms with Gasteiger partial charge >= 0.3 is 0 Å². The summed E-state index contributed by atoms with van der Waals surface area (Å²) in [7, 11) is 0. The summed E-state index contributed by atoms with van der Waals surface area (Å²) >= 11 is 0. The van der Waals surface area contributed by atoms with Gasteiger partial charge in [-0.3, -0.25) is 14.4 Å². The number of hydrogen-bond acceptors (Lipinski definition) is 4. The number of carbonyl (C=O) groups is 3. The Morgan fingerprint density at radius 2 is 1.90 bits per heavy atom. The van der Waals surface area contributed by atoms with Crippen LogP contribution < -0.4 is 15.5 Å². The highest BCUT2D eigenvalue weighted by molar-refractivity contribution is 6.07. The smallest absolute Gasteiger partial charge is 0.253 e. The Kier molecular flexibility index (Phi) is 6.32. The minimum absolute atomic E-state index is 0.0441. The number of nitrogens with zero attached hydrogens (tertiary/aromatic N) is 1. The molecule has 3 amide bonds. The Labute approximate surface area is 181 Å². The Morgan fingerprint density at radius 3 is 2.68 bits per heavy atom. The molecule has 2 saturated heterocycles. The zero-order valence-corrected chi connectivity index (χ0v) is 17.6. The predicted octanol–water partition coefficient (Wildman–Crippen LogP) is 2.90. The monoisotopic (exact) mass is 421 g/mol. The van der Waals surface area contributed by atoms with Crippen molar-refractivity contribution in [2.75, 3.05) is 29.9 Å². The summed E-state index contributed by atoms with van der Waals surface area (Å²) in [5, 5.41) is 5.75. The number of aryl methyl sites for hydroxylation is 1. The first kappa shape index (κ1) is 21.1. The molecule has 2 aromatic carbocycles. The van der Waals surface area contributed by atoms with Crippen LogP contribution in [0.1, 0.15) is 35.2 Å². The van der Waals surface area contributed by atoms with Crippen molar-refractivity contribution < 1.29 is 19.1 Å². The van der Waals surface area contributed by atoms with Gasteiger partial charge in [-0.25, -0.2) is 0 Å². The maximum atomic E-state index is 12.9. The number of hydrogen-bond donors (Lipinski definition) is 2. The van der Waals surface area contributed by atoms with Crippen LogP contribution in [0.15, 0.2) is 48.5 Å². The zero-order valence-electron chi connectivity index (χ0n) is 17.6. The molecule has 0 aliphatic carbocycles. The topological polar surface area (TPSA) is 87.7 Å². The van der Waals surface area contributed by atoms with E-state index in [2.05, 4.69) is 10.6 Å². The molecule has 0 bridgehead atoms. The molecule has 2 fully saturated rings. The van der Waals surface area contributed by atoms with Gasteiger partial charge in [0.1, 0.15) is 0 Å². The fourth-order valence-electron chi connectivity index (χ4n) is 4.11. The van der Waals surface area contributed by atoms with E-state index in [0.29, 0.717) is 24.3 Å². The van der Waals surface area contributed by atoms with E-state index >= 15 is 0 Å². The van der Waals surface area contributed by atoms with E-state index in [1.165, 1.54) is 0 Å². The maximum Gasteiger partial charge on any atom is 0.253 e. The van der Waals surface area contributed by atoms with Gasteiger partial charge < -0.3 is 20.3 Å². The van der Waals surface area contributed by atoms with E-state index in [-0.39, 0.29) is 30.2 Å². The van der Waals surface area contributed by atoms with E-state index < -0.39 is 5.92 Å². The first-order chi connectivity index (χ1) is 15.0. The summed E-state index contributed by atoms with van der Waals surface area (Å²) in [4.78, 5) is 39.8. The summed E-state index contributed by atoms with van der Waals surface area (Å²) in [5.41, 5.74) is 2.66. The van der Waals surface area contributed by atoms with Crippen molar-refractivity contribution in [1.82, 2.24) is 5.32 Å². The fourth-order valence-corrected chi connectivity index (χ4v) is 4.11. The third-order valence-corrected chi connectivity index (χ3v) is 5.85. The minimum Gasteiger partial charge on any atom is -0.376 e. The lowest BCUT2D eigenvalue weighted by Crippen LogP contribution is -2.33. The molecule has 0 unspecified atom stereocenters. The third kappa shape index (κ3) is 4.77. The summed E-state index contributed by atoms with van der Waals surface area (Å²) < 4.78 is 5.55. The Bertz CT molecular complexity index is 984. The van der Waals surface area contributed by atoms with Gasteiger partial charge in [-0.2, -0.15) is 0 Å². The molecule has 0 saturated carbocycles. The molecule has 0 radical (unpaired) electrons. The van der Waals surface area contributed by atoms with Crippen LogP contribution in [0.25, 0.3) is 0 Å². The number of nitrogens with one attached hydrogen (secondary N) is 2. The van der Waals surface area contributed by atoms with E-state index in [4.69, 9.17) is 4.74 Å². The van der Waals surface area contributed by atoms with Gasteiger partial charge in [-0.1, -0.05) is 30.3 Å². The second-order valence-electron chi connectivity index (χ2n) is 8.07. The number of ether oxygens (including phenoxy) is 1. The highest BCUT2D eigenvalue weighted by atomic mass is 16.5. The molecule has 162 valence electrons. The molecule has 2 aliphatic heterocycles. The predicted molar refractivity (Wildman–Crippen MR) is 118 cm³/mol. The molecule has 2 heterocycles. The number of carbonyl (C=O) groups excluding carboxylic acids is 3. The van der Waals surface area contributed by atoms with E-state index in [1.54, 1.807) is 29.2 Å². The number of benzene rings is 2. The lowest BCUT2D eigenvalue weighted by Gasteiger charge is -2.19. The lowest BCUT2D eigenvalue weighted by molar-refractivity contribution is -0.122. The second kappa shape index (κ2) is 9.31. The molecule has 31 heavy (non-hydrogen) atoms. The normalized spacial score (nSPS) is 20.7. The van der Waals surface area contributed by atoms with Crippen LogP contribution in [0.4, 0.5) is 11.4 Å². The second-order valence-corrected chi connectivity index (χ2v) is 8.07. The Balaban J connectivity index is 1.41. The van der Waals surface area contributed by atoms with Crippen LogP contribution in [-0.4, -0.2) is 43.5 Å². The summed E-state index contributed by atoms with van der Waals surface area (Å²) in [6.45, 7) is 3.45. The van der Waals surface area contributed by atoms with Gasteiger partial charge in [0.2, 0.25) is 11.8 Å². The van der Waals surface area contributed by atoms with Crippen LogP contribution >= 0.6 is 0 Å². The summed E-state index contributed by atoms with van der Waals surface area (Å²) in [6, 6.07) is 14.6. The lowest BCUT2D eigenvalue weighted by atomic mass is 10.1. The molecular formula is C24H27N3O4. The quantitative estimate of drug-likeness (QED) is 0.751. The van der Waals surface area contributed by atoms with Crippen molar-refractivity contribution >= 4 is 29.1 Å². The van der Waals surface area contributed by atoms with E-state index in [9.17, 15) is 14.4 Å². The molecule has 7 nitrogen and oxygen atoms in total. The SMILES string of the molecule is Cc1ccccc1N1C[C@H](C(=O)Nc2ccccc2C(=O)NC[C@H]2CCCO2)CC1=O. The van der Waals surface area contributed by atoms with Crippen molar-refractivity contribution in [2.45, 2.75) is 32.3 Å². The maximum absolute atomic E-state index is 12.9. The van der Waals surface area contributed by atoms with Crippen LogP contribution in [0.3, 0.4) is 0 Å². The standard InChI is InChI=1S/C24H27N3O4/c1-16-7-2-5-11-21(16)27-15-17(13-22(27)28)23(29)26-20-10-4-3-9-19(20)24(30)25-14-18-8-6-12-31-18/h2-5,7,9-11,17-18H,6,8,12-15H2,1H3,(H,25,30)(H,26,29)/t17-,18-/m1/s1. The van der Waals surface area contributed by atoms with Gasteiger partial charge in [0, 0.05) is 31.8 Å². The Morgan fingerprint density at radius 1 is 1.13 bits per heavy atom. The molecule has 4 rings (SSSR count). The highest BCUT2D eigenvalue weighted by Gasteiger charge is 2.36. The zero-order chi connectivity index (χ0) is 21.8. The van der Waals surface area contributed by atoms with E-state index in [0.717, 1.165) is 30.7 Å². The molecule has 0 aromatic heterocycles. The van der Waals surface area contributed by atoms with Crippen molar-refractivity contribution in [2.24, 2.45) is 5.92 Å². The van der Waals surface area contributed by atoms with Crippen LogP contribution in [0.2, 0.25) is 0 Å². The molecule has 2 N–H and O–H groups in total. The van der Waals surface area contributed by atoms with Gasteiger partial charge in [-0.15, -0.1) is 0 Å². The Hall–Kier alpha value is -3.19. The average molecular weight is 421 g/mol. The molecule has 7 heteroatoms. The van der Waals surface area contributed by atoms with Crippen molar-refractivity contribution in [1.29, 1.82) is 0 Å². The summed E-state index contributed by atoms with van der Waals surface area (Å²) in [6.07, 6.45) is 2.13. The number of para-hydroxylation sites is 2. The molecule has 0 spiro atoms. The third-order valence-electron chi connectivity index (χ3n) is 5.85. The average Bonchev–Trinajstić information content (AvgIpc) is 3.42. The van der Waals surface area contributed by atoms with Gasteiger partial charge in [-0.05, 0) is 43.5 Å². The van der Waals surface area contributed by atoms with Crippen LogP contribution in [0.5, 0.6) is 0 Å². The number of rotatable bonds is 6. The first-order valence-corrected chi connectivity index (χ1v) is 10.7. The molecular weight excluding hydrogens is 394 g/mol. The highest BCUT2D eigenvalue weighted by Crippen LogP contribution is 2.28. The molecule has 2 aromatic rings. The number of anilines is 2. The van der Waals surface area contributed by atoms with Gasteiger partial charge in [0.25, 0.3) is 5.91 Å². The van der Waals surface area contributed by atoms with Crippen LogP contribution in [0, 0.1) is 12.8 Å². The first-order valence-electron chi connectivity index (χ1n) is 10.7. The molecule has 2 aliphatic rings. The fraction of sp³-hybridized carbons (Fsp3) is 0.375. The van der Waals surface area contributed by atoms with Crippen molar-refractivity contribution in [3.8, 4) is 0 Å². The van der Waals surface area contributed by atoms with Crippen molar-refractivity contribution in [3.05, 3.63) is 59.7 Å².